The number of fused-ring (bicyclic) bond motifs is 3. The van der Waals surface area contributed by atoms with Gasteiger partial charge in [-0.3, -0.25) is 28.8 Å². The first-order chi connectivity index (χ1) is 16.6. The fraction of sp³-hybridized carbons (Fsp3) is 0.308. The first-order valence-corrected chi connectivity index (χ1v) is 11.2. The van der Waals surface area contributed by atoms with E-state index in [1.54, 1.807) is 30.3 Å². The lowest BCUT2D eigenvalue weighted by Crippen LogP contribution is -2.68. The van der Waals surface area contributed by atoms with Crippen LogP contribution in [0, 0.1) is 23.7 Å². The zero-order chi connectivity index (χ0) is 25.2. The molecule has 3 aliphatic rings. The molecule has 0 aliphatic heterocycles. The molecule has 9 nitrogen and oxygen atoms in total. The third-order valence-corrected chi connectivity index (χ3v) is 7.64. The van der Waals surface area contributed by atoms with Crippen LogP contribution in [0.25, 0.3) is 11.1 Å². The third kappa shape index (κ3) is 3.11. The molecule has 1 amide bonds. The van der Waals surface area contributed by atoms with Crippen LogP contribution >= 0.6 is 0 Å². The zero-order valence-corrected chi connectivity index (χ0v) is 18.4. The number of benzene rings is 2. The van der Waals surface area contributed by atoms with E-state index in [-0.39, 0.29) is 30.6 Å². The van der Waals surface area contributed by atoms with Gasteiger partial charge in [-0.25, -0.2) is 0 Å². The predicted octanol–water partition coefficient (Wildman–Crippen LogP) is 0.806. The van der Waals surface area contributed by atoms with Crippen molar-refractivity contribution in [2.45, 2.75) is 24.9 Å². The Hall–Kier alpha value is -3.98. The van der Waals surface area contributed by atoms with Gasteiger partial charge in [0.25, 0.3) is 0 Å². The van der Waals surface area contributed by atoms with Crippen LogP contribution < -0.4 is 5.73 Å². The molecular weight excluding hydrogens is 454 g/mol. The molecular formula is C26H21NO8. The van der Waals surface area contributed by atoms with Gasteiger partial charge in [0.2, 0.25) is 5.91 Å². The summed E-state index contributed by atoms with van der Waals surface area (Å²) in [5.74, 6) is -10.4. The smallest absolute Gasteiger partial charge is 0.235 e. The van der Waals surface area contributed by atoms with Crippen LogP contribution in [0.5, 0.6) is 5.75 Å². The van der Waals surface area contributed by atoms with Crippen molar-refractivity contribution in [3.8, 4) is 16.9 Å². The lowest BCUT2D eigenvalue weighted by atomic mass is 9.53. The number of amides is 1. The van der Waals surface area contributed by atoms with E-state index in [1.165, 1.54) is 6.07 Å². The number of aliphatic hydroxyl groups is 1. The fourth-order valence-corrected chi connectivity index (χ4v) is 5.98. The Morgan fingerprint density at radius 2 is 1.69 bits per heavy atom. The van der Waals surface area contributed by atoms with Crippen LogP contribution in [0.4, 0.5) is 0 Å². The topological polar surface area (TPSA) is 169 Å². The summed E-state index contributed by atoms with van der Waals surface area (Å²) in [6.07, 6.45) is 0.533. The van der Waals surface area contributed by atoms with Crippen molar-refractivity contribution in [2.75, 3.05) is 0 Å². The molecule has 0 spiro atoms. The lowest BCUT2D eigenvalue weighted by Gasteiger charge is -2.48. The van der Waals surface area contributed by atoms with Gasteiger partial charge >= 0.3 is 0 Å². The van der Waals surface area contributed by atoms with E-state index in [0.29, 0.717) is 28.5 Å². The van der Waals surface area contributed by atoms with Gasteiger partial charge in [-0.1, -0.05) is 30.3 Å². The van der Waals surface area contributed by atoms with Crippen molar-refractivity contribution in [1.82, 2.24) is 0 Å². The monoisotopic (exact) mass is 475 g/mol. The standard InChI is InChI=1S/C26H21NO8/c27-25(34)21-18(30)9-14-7-13-8-16-15(12-3-1-11(10-28)2-4-12)5-6-17(29)20(16)22(31)19(13)23(32)26(14,35)24(21)33/h1-6,10,13-14,19,21,29,35H,7-9H2,(H2,27,34)/t13-,14+,19?,21?,26+/m1/s1. The number of phenolic OH excluding ortho intramolecular Hbond substituents is 1. The number of rotatable bonds is 3. The van der Waals surface area contributed by atoms with Crippen LogP contribution in [0.3, 0.4) is 0 Å². The highest BCUT2D eigenvalue weighted by molar-refractivity contribution is 6.31. The molecule has 3 aliphatic carbocycles. The van der Waals surface area contributed by atoms with Gasteiger partial charge in [0.15, 0.2) is 34.7 Å². The van der Waals surface area contributed by atoms with Crippen LogP contribution in [0.2, 0.25) is 0 Å². The van der Waals surface area contributed by atoms with Gasteiger partial charge in [-0.15, -0.1) is 0 Å². The summed E-state index contributed by atoms with van der Waals surface area (Å²) in [6.45, 7) is 0. The van der Waals surface area contributed by atoms with Gasteiger partial charge in [0.1, 0.15) is 12.0 Å². The van der Waals surface area contributed by atoms with E-state index in [4.69, 9.17) is 5.73 Å². The predicted molar refractivity (Wildman–Crippen MR) is 119 cm³/mol. The van der Waals surface area contributed by atoms with E-state index in [1.807, 2.05) is 0 Å². The molecule has 5 rings (SSSR count). The summed E-state index contributed by atoms with van der Waals surface area (Å²) >= 11 is 0. The Morgan fingerprint density at radius 1 is 1.00 bits per heavy atom. The molecule has 2 saturated carbocycles. The molecule has 35 heavy (non-hydrogen) atoms. The number of primary amides is 1. The maximum absolute atomic E-state index is 13.6. The maximum Gasteiger partial charge on any atom is 0.235 e. The minimum atomic E-state index is -2.67. The molecule has 2 unspecified atom stereocenters. The quantitative estimate of drug-likeness (QED) is 0.433. The minimum absolute atomic E-state index is 0.0280. The van der Waals surface area contributed by atoms with Crippen molar-refractivity contribution in [1.29, 1.82) is 0 Å². The van der Waals surface area contributed by atoms with Crippen molar-refractivity contribution in [2.24, 2.45) is 29.4 Å². The second-order valence-corrected chi connectivity index (χ2v) is 9.47. The third-order valence-electron chi connectivity index (χ3n) is 7.64. The average Bonchev–Trinajstić information content (AvgIpc) is 2.81. The van der Waals surface area contributed by atoms with E-state index >= 15 is 0 Å². The van der Waals surface area contributed by atoms with Gasteiger partial charge in [0, 0.05) is 17.9 Å². The Kier molecular flexibility index (Phi) is 5.06. The number of phenols is 1. The summed E-state index contributed by atoms with van der Waals surface area (Å²) < 4.78 is 0. The number of aromatic hydroxyl groups is 1. The number of Topliss-reactive ketones (excluding diaryl/α,β-unsaturated/α-hetero) is 4. The number of carbonyl (C=O) groups is 6. The molecule has 2 fully saturated rings. The summed E-state index contributed by atoms with van der Waals surface area (Å²) in [7, 11) is 0. The number of nitrogens with two attached hydrogens (primary N) is 1. The summed E-state index contributed by atoms with van der Waals surface area (Å²) in [5.41, 5.74) is 4.77. The minimum Gasteiger partial charge on any atom is -0.507 e. The highest BCUT2D eigenvalue weighted by Crippen LogP contribution is 2.51. The van der Waals surface area contributed by atoms with E-state index in [0.717, 1.165) is 0 Å². The number of ketones is 4. The second kappa shape index (κ2) is 7.78. The van der Waals surface area contributed by atoms with Crippen molar-refractivity contribution in [3.63, 3.8) is 0 Å². The van der Waals surface area contributed by atoms with E-state index in [9.17, 15) is 39.0 Å². The zero-order valence-electron chi connectivity index (χ0n) is 18.4. The van der Waals surface area contributed by atoms with Crippen molar-refractivity contribution in [3.05, 3.63) is 53.1 Å². The number of aldehydes is 1. The molecule has 2 aromatic rings. The normalized spacial score (nSPS) is 29.7. The van der Waals surface area contributed by atoms with Crippen LogP contribution in [-0.4, -0.2) is 51.1 Å². The van der Waals surface area contributed by atoms with E-state index < -0.39 is 58.3 Å². The SMILES string of the molecule is NC(=O)C1C(=O)C[C@@H]2C[C@@H]3Cc4c(-c5ccc(C=O)cc5)ccc(O)c4C(=O)C3C(=O)[C@]2(O)C1=O. The Bertz CT molecular complexity index is 1340. The second-order valence-electron chi connectivity index (χ2n) is 9.47. The largest absolute Gasteiger partial charge is 0.507 e. The average molecular weight is 475 g/mol. The van der Waals surface area contributed by atoms with Crippen LogP contribution in [0.15, 0.2) is 36.4 Å². The fourth-order valence-electron chi connectivity index (χ4n) is 5.98. The molecule has 4 N–H and O–H groups in total. The molecule has 9 heteroatoms. The van der Waals surface area contributed by atoms with Crippen LogP contribution in [0.1, 0.15) is 39.1 Å². The van der Waals surface area contributed by atoms with Crippen molar-refractivity contribution >= 4 is 35.3 Å². The lowest BCUT2D eigenvalue weighted by molar-refractivity contribution is -0.175. The molecule has 2 aromatic carbocycles. The highest BCUT2D eigenvalue weighted by Gasteiger charge is 2.66. The van der Waals surface area contributed by atoms with Gasteiger partial charge in [-0.05, 0) is 41.5 Å². The van der Waals surface area contributed by atoms with Gasteiger partial charge in [-0.2, -0.15) is 0 Å². The summed E-state index contributed by atoms with van der Waals surface area (Å²) in [5, 5.41) is 21.8. The molecule has 0 saturated heterocycles. The maximum atomic E-state index is 13.6. The van der Waals surface area contributed by atoms with E-state index in [2.05, 4.69) is 0 Å². The van der Waals surface area contributed by atoms with Gasteiger partial charge in [0.05, 0.1) is 11.5 Å². The number of hydrogen-bond acceptors (Lipinski definition) is 8. The first kappa shape index (κ1) is 22.8. The Balaban J connectivity index is 1.60. The highest BCUT2D eigenvalue weighted by atomic mass is 16.3. The number of hydrogen-bond donors (Lipinski definition) is 3. The molecule has 0 aromatic heterocycles. The molecule has 0 heterocycles. The molecule has 5 atom stereocenters. The molecule has 0 bridgehead atoms. The number of carbonyl (C=O) groups excluding carboxylic acids is 6. The Labute approximate surface area is 198 Å². The first-order valence-electron chi connectivity index (χ1n) is 11.2. The Morgan fingerprint density at radius 3 is 2.31 bits per heavy atom. The summed E-state index contributed by atoms with van der Waals surface area (Å²) in [6, 6.07) is 9.63. The molecule has 0 radical (unpaired) electrons. The molecule has 178 valence electrons. The summed E-state index contributed by atoms with van der Waals surface area (Å²) in [4.78, 5) is 75.1. The van der Waals surface area contributed by atoms with Crippen molar-refractivity contribution < 1.29 is 39.0 Å². The van der Waals surface area contributed by atoms with Gasteiger partial charge < -0.3 is 15.9 Å². The van der Waals surface area contributed by atoms with Crippen LogP contribution in [-0.2, 0) is 25.6 Å².